The quantitative estimate of drug-likeness (QED) is 0.641. The van der Waals surface area contributed by atoms with Gasteiger partial charge in [0.2, 0.25) is 5.91 Å². The van der Waals surface area contributed by atoms with Gasteiger partial charge in [-0.2, -0.15) is 0 Å². The molecule has 2 N–H and O–H groups in total. The lowest BCUT2D eigenvalue weighted by Crippen LogP contribution is -2.31. The van der Waals surface area contributed by atoms with Crippen molar-refractivity contribution < 1.29 is 15.0 Å². The predicted molar refractivity (Wildman–Crippen MR) is 53.7 cm³/mol. The smallest absolute Gasteiger partial charge is 0.234 e. The van der Waals surface area contributed by atoms with Gasteiger partial charge >= 0.3 is 0 Å². The lowest BCUT2D eigenvalue weighted by atomic mass is 10.4. The lowest BCUT2D eigenvalue weighted by molar-refractivity contribution is -0.127. The second-order valence-electron chi connectivity index (χ2n) is 3.04. The molecule has 0 spiro atoms. The molecule has 0 aromatic carbocycles. The van der Waals surface area contributed by atoms with E-state index in [9.17, 15) is 4.79 Å². The largest absolute Gasteiger partial charge is 0.394 e. The first-order valence-corrected chi connectivity index (χ1v) is 5.15. The monoisotopic (exact) mass is 207 g/mol. The molecule has 0 bridgehead atoms. The molecule has 5 heteroatoms. The summed E-state index contributed by atoms with van der Waals surface area (Å²) in [4.78, 5) is 12.8. The fourth-order valence-electron chi connectivity index (χ4n) is 0.743. The van der Waals surface area contributed by atoms with E-state index in [2.05, 4.69) is 0 Å². The molecule has 0 rings (SSSR count). The van der Waals surface area contributed by atoms with E-state index in [-0.39, 0.29) is 17.8 Å². The van der Waals surface area contributed by atoms with E-state index in [1.54, 1.807) is 21.0 Å². The summed E-state index contributed by atoms with van der Waals surface area (Å²) >= 11 is 1.34. The van der Waals surface area contributed by atoms with Crippen LogP contribution in [-0.4, -0.2) is 58.8 Å². The van der Waals surface area contributed by atoms with Crippen LogP contribution in [0.25, 0.3) is 0 Å². The van der Waals surface area contributed by atoms with Gasteiger partial charge < -0.3 is 15.1 Å². The van der Waals surface area contributed by atoms with Crippen molar-refractivity contribution in [1.29, 1.82) is 0 Å². The number of thioether (sulfide) groups is 1. The molecule has 2 unspecified atom stereocenters. The highest BCUT2D eigenvalue weighted by atomic mass is 32.2. The summed E-state index contributed by atoms with van der Waals surface area (Å²) in [6.45, 7) is 1.53. The van der Waals surface area contributed by atoms with E-state index in [4.69, 9.17) is 10.2 Å². The van der Waals surface area contributed by atoms with Crippen molar-refractivity contribution in [1.82, 2.24) is 4.90 Å². The highest BCUT2D eigenvalue weighted by Gasteiger charge is 2.16. The first kappa shape index (κ1) is 12.7. The fourth-order valence-corrected chi connectivity index (χ4v) is 1.71. The van der Waals surface area contributed by atoms with Gasteiger partial charge in [0.15, 0.2) is 0 Å². The van der Waals surface area contributed by atoms with Gasteiger partial charge in [-0.15, -0.1) is 11.8 Å². The standard InChI is InChI=1S/C8H17NO3S/c1-6(8(12)9(2)3)13-5-7(11)4-10/h6-7,10-11H,4-5H2,1-3H3. The number of nitrogens with zero attached hydrogens (tertiary/aromatic N) is 1. The maximum absolute atomic E-state index is 11.3. The highest BCUT2D eigenvalue weighted by molar-refractivity contribution is 8.00. The maximum Gasteiger partial charge on any atom is 0.234 e. The van der Waals surface area contributed by atoms with Gasteiger partial charge in [-0.25, -0.2) is 0 Å². The van der Waals surface area contributed by atoms with Crippen LogP contribution in [0.5, 0.6) is 0 Å². The topological polar surface area (TPSA) is 60.8 Å². The third-order valence-corrected chi connectivity index (χ3v) is 2.82. The van der Waals surface area contributed by atoms with E-state index >= 15 is 0 Å². The summed E-state index contributed by atoms with van der Waals surface area (Å²) in [7, 11) is 3.39. The summed E-state index contributed by atoms with van der Waals surface area (Å²) in [5.74, 6) is 0.409. The van der Waals surface area contributed by atoms with Crippen molar-refractivity contribution in [3.8, 4) is 0 Å². The molecule has 0 aliphatic carbocycles. The van der Waals surface area contributed by atoms with Gasteiger partial charge in [-0.05, 0) is 6.92 Å². The van der Waals surface area contributed by atoms with Crippen LogP contribution in [0.2, 0.25) is 0 Å². The van der Waals surface area contributed by atoms with Crippen molar-refractivity contribution in [3.63, 3.8) is 0 Å². The molecule has 1 amide bonds. The highest BCUT2D eigenvalue weighted by Crippen LogP contribution is 2.13. The van der Waals surface area contributed by atoms with Gasteiger partial charge in [0.1, 0.15) is 0 Å². The maximum atomic E-state index is 11.3. The van der Waals surface area contributed by atoms with Crippen molar-refractivity contribution in [3.05, 3.63) is 0 Å². The summed E-state index contributed by atoms with van der Waals surface area (Å²) in [5, 5.41) is 17.4. The van der Waals surface area contributed by atoms with Crippen LogP contribution in [0.15, 0.2) is 0 Å². The molecule has 0 heterocycles. The van der Waals surface area contributed by atoms with Crippen LogP contribution < -0.4 is 0 Å². The molecule has 13 heavy (non-hydrogen) atoms. The van der Waals surface area contributed by atoms with E-state index in [0.29, 0.717) is 5.75 Å². The van der Waals surface area contributed by atoms with Crippen molar-refractivity contribution in [2.75, 3.05) is 26.5 Å². The van der Waals surface area contributed by atoms with E-state index in [0.717, 1.165) is 0 Å². The molecule has 78 valence electrons. The number of carbonyl (C=O) groups excluding carboxylic acids is 1. The number of carbonyl (C=O) groups is 1. The van der Waals surface area contributed by atoms with E-state index in [1.165, 1.54) is 16.7 Å². The van der Waals surface area contributed by atoms with Gasteiger partial charge in [0, 0.05) is 19.8 Å². The predicted octanol–water partition coefficient (Wildman–Crippen LogP) is -0.451. The van der Waals surface area contributed by atoms with Crippen LogP contribution in [-0.2, 0) is 4.79 Å². The number of aliphatic hydroxyl groups is 2. The average molecular weight is 207 g/mol. The minimum Gasteiger partial charge on any atom is -0.394 e. The Kier molecular flexibility index (Phi) is 6.11. The molecular weight excluding hydrogens is 190 g/mol. The van der Waals surface area contributed by atoms with Gasteiger partial charge in [-0.3, -0.25) is 4.79 Å². The number of amides is 1. The Morgan fingerprint density at radius 1 is 1.54 bits per heavy atom. The molecule has 0 radical (unpaired) electrons. The molecule has 2 atom stereocenters. The zero-order chi connectivity index (χ0) is 10.4. The van der Waals surface area contributed by atoms with Crippen molar-refractivity contribution in [2.45, 2.75) is 18.3 Å². The minimum atomic E-state index is -0.734. The first-order chi connectivity index (χ1) is 5.99. The number of aliphatic hydroxyl groups excluding tert-OH is 2. The third-order valence-electron chi connectivity index (χ3n) is 1.54. The van der Waals surface area contributed by atoms with Crippen LogP contribution >= 0.6 is 11.8 Å². The average Bonchev–Trinajstić information content (AvgIpc) is 2.11. The number of rotatable bonds is 5. The van der Waals surface area contributed by atoms with E-state index in [1.807, 2.05) is 0 Å². The zero-order valence-corrected chi connectivity index (χ0v) is 9.04. The second kappa shape index (κ2) is 6.23. The first-order valence-electron chi connectivity index (χ1n) is 4.10. The SMILES string of the molecule is CC(SCC(O)CO)C(=O)N(C)C. The Labute approximate surface area is 82.9 Å². The molecule has 0 aromatic rings. The third kappa shape index (κ3) is 5.13. The Balaban J connectivity index is 3.74. The van der Waals surface area contributed by atoms with Gasteiger partial charge in [0.25, 0.3) is 0 Å². The molecule has 0 aliphatic rings. The normalized spacial score (nSPS) is 15.2. The summed E-state index contributed by atoms with van der Waals surface area (Å²) in [6, 6.07) is 0. The summed E-state index contributed by atoms with van der Waals surface area (Å²) in [5.41, 5.74) is 0. The molecule has 4 nitrogen and oxygen atoms in total. The Morgan fingerprint density at radius 2 is 2.08 bits per heavy atom. The molecular formula is C8H17NO3S. The molecule has 0 aromatic heterocycles. The summed E-state index contributed by atoms with van der Waals surface area (Å²) in [6.07, 6.45) is -0.734. The lowest BCUT2D eigenvalue weighted by Gasteiger charge is -2.17. The van der Waals surface area contributed by atoms with Crippen LogP contribution in [0.4, 0.5) is 0 Å². The fraction of sp³-hybridized carbons (Fsp3) is 0.875. The Bertz CT molecular complexity index is 163. The van der Waals surface area contributed by atoms with Crippen LogP contribution in [0.1, 0.15) is 6.92 Å². The molecule has 0 fully saturated rings. The van der Waals surface area contributed by atoms with Gasteiger partial charge in [-0.1, -0.05) is 0 Å². The van der Waals surface area contributed by atoms with E-state index < -0.39 is 6.10 Å². The zero-order valence-electron chi connectivity index (χ0n) is 8.23. The Morgan fingerprint density at radius 3 is 2.46 bits per heavy atom. The molecule has 0 saturated heterocycles. The second-order valence-corrected chi connectivity index (χ2v) is 4.42. The summed E-state index contributed by atoms with van der Waals surface area (Å²) < 4.78 is 0. The molecule has 0 aliphatic heterocycles. The number of hydrogen-bond donors (Lipinski definition) is 2. The molecule has 0 saturated carbocycles. The van der Waals surface area contributed by atoms with Crippen molar-refractivity contribution >= 4 is 17.7 Å². The number of hydrogen-bond acceptors (Lipinski definition) is 4. The van der Waals surface area contributed by atoms with Crippen molar-refractivity contribution in [2.24, 2.45) is 0 Å². The Hall–Kier alpha value is -0.260. The van der Waals surface area contributed by atoms with Gasteiger partial charge in [0.05, 0.1) is 18.0 Å². The minimum absolute atomic E-state index is 0.0233. The van der Waals surface area contributed by atoms with Crippen LogP contribution in [0, 0.1) is 0 Å². The van der Waals surface area contributed by atoms with Crippen LogP contribution in [0.3, 0.4) is 0 Å².